The summed E-state index contributed by atoms with van der Waals surface area (Å²) in [5.74, 6) is -0.369. The molecule has 0 aliphatic carbocycles. The minimum Gasteiger partial charge on any atom is -0.372 e. The number of halogens is 1. The third-order valence-corrected chi connectivity index (χ3v) is 2.19. The number of benzene rings is 1. The number of nitriles is 1. The molecular weight excluding hydrogens is 179 g/mol. The number of hydrogen-bond donors (Lipinski definition) is 0. The summed E-state index contributed by atoms with van der Waals surface area (Å²) < 4.78 is 13.1. The van der Waals surface area contributed by atoms with Gasteiger partial charge in [-0.25, -0.2) is 4.39 Å². The van der Waals surface area contributed by atoms with E-state index in [1.165, 1.54) is 12.1 Å². The van der Waals surface area contributed by atoms with Gasteiger partial charge in [0.05, 0.1) is 11.6 Å². The van der Waals surface area contributed by atoms with E-state index >= 15 is 0 Å². The molecule has 0 radical (unpaired) electrons. The lowest BCUT2D eigenvalue weighted by molar-refractivity contribution is 0.625. The van der Waals surface area contributed by atoms with Gasteiger partial charge >= 0.3 is 0 Å². The van der Waals surface area contributed by atoms with E-state index in [9.17, 15) is 4.39 Å². The van der Waals surface area contributed by atoms with Gasteiger partial charge in [0.25, 0.3) is 0 Å². The maximum atomic E-state index is 13.1. The zero-order chi connectivity index (χ0) is 10.7. The van der Waals surface area contributed by atoms with Crippen LogP contribution in [0.4, 0.5) is 10.1 Å². The summed E-state index contributed by atoms with van der Waals surface area (Å²) in [6.07, 6.45) is 0. The molecule has 0 aliphatic rings. The number of nitrogens with zero attached hydrogens (tertiary/aromatic N) is 2. The van der Waals surface area contributed by atoms with Crippen LogP contribution in [0.5, 0.6) is 0 Å². The third-order valence-electron chi connectivity index (χ3n) is 2.19. The quantitative estimate of drug-likeness (QED) is 0.720. The summed E-state index contributed by atoms with van der Waals surface area (Å²) in [6, 6.07) is 6.56. The summed E-state index contributed by atoms with van der Waals surface area (Å²) in [4.78, 5) is 1.92. The summed E-state index contributed by atoms with van der Waals surface area (Å²) in [5.41, 5.74) is 1.09. The molecule has 74 valence electrons. The molecule has 0 amide bonds. The molecule has 2 nitrogen and oxygen atoms in total. The first-order valence-electron chi connectivity index (χ1n) is 4.48. The Morgan fingerprint density at radius 2 is 2.00 bits per heavy atom. The molecule has 0 atom stereocenters. The lowest BCUT2D eigenvalue weighted by Crippen LogP contribution is -2.25. The van der Waals surface area contributed by atoms with Crippen LogP contribution in [0, 0.1) is 17.1 Å². The van der Waals surface area contributed by atoms with Gasteiger partial charge < -0.3 is 4.90 Å². The molecule has 0 fully saturated rings. The van der Waals surface area contributed by atoms with Gasteiger partial charge in [-0.15, -0.1) is 0 Å². The first-order chi connectivity index (χ1) is 6.54. The van der Waals surface area contributed by atoms with E-state index in [1.807, 2.05) is 31.9 Å². The van der Waals surface area contributed by atoms with Gasteiger partial charge in [-0.3, -0.25) is 0 Å². The van der Waals surface area contributed by atoms with Crippen molar-refractivity contribution in [3.05, 3.63) is 29.6 Å². The van der Waals surface area contributed by atoms with E-state index in [0.717, 1.165) is 5.69 Å². The van der Waals surface area contributed by atoms with Crippen LogP contribution in [0.2, 0.25) is 0 Å². The van der Waals surface area contributed by atoms with Crippen molar-refractivity contribution in [1.29, 1.82) is 5.26 Å². The van der Waals surface area contributed by atoms with Gasteiger partial charge in [0.15, 0.2) is 0 Å². The summed E-state index contributed by atoms with van der Waals surface area (Å²) in [6.45, 7) is 4.02. The minimum absolute atomic E-state index is 0.281. The minimum atomic E-state index is -0.369. The maximum Gasteiger partial charge on any atom is 0.126 e. The molecule has 14 heavy (non-hydrogen) atoms. The standard InChI is InChI=1S/C11H13FN2/c1-8(2)14(3)11-5-9(7-13)4-10(12)6-11/h4-6,8H,1-3H3. The van der Waals surface area contributed by atoms with Crippen LogP contribution in [-0.2, 0) is 0 Å². The van der Waals surface area contributed by atoms with Crippen molar-refractivity contribution in [1.82, 2.24) is 0 Å². The molecule has 0 saturated heterocycles. The average molecular weight is 192 g/mol. The van der Waals surface area contributed by atoms with Crippen molar-refractivity contribution in [2.75, 3.05) is 11.9 Å². The van der Waals surface area contributed by atoms with Crippen molar-refractivity contribution >= 4 is 5.69 Å². The third kappa shape index (κ3) is 2.23. The lowest BCUT2D eigenvalue weighted by Gasteiger charge is -2.23. The Morgan fingerprint density at radius 1 is 1.36 bits per heavy atom. The number of rotatable bonds is 2. The predicted octanol–water partition coefficient (Wildman–Crippen LogP) is 2.54. The van der Waals surface area contributed by atoms with E-state index in [1.54, 1.807) is 6.07 Å². The maximum absolute atomic E-state index is 13.1. The second kappa shape index (κ2) is 4.10. The fourth-order valence-corrected chi connectivity index (χ4v) is 1.14. The Labute approximate surface area is 83.6 Å². The van der Waals surface area contributed by atoms with Crippen molar-refractivity contribution < 1.29 is 4.39 Å². The van der Waals surface area contributed by atoms with Gasteiger partial charge in [0.1, 0.15) is 5.82 Å². The predicted molar refractivity (Wildman–Crippen MR) is 54.7 cm³/mol. The van der Waals surface area contributed by atoms with Crippen LogP contribution in [-0.4, -0.2) is 13.1 Å². The van der Waals surface area contributed by atoms with Crippen LogP contribution in [0.15, 0.2) is 18.2 Å². The smallest absolute Gasteiger partial charge is 0.126 e. The second-order valence-electron chi connectivity index (χ2n) is 3.51. The summed E-state index contributed by atoms with van der Waals surface area (Å²) in [7, 11) is 1.88. The molecule has 0 spiro atoms. The molecular formula is C11H13FN2. The fourth-order valence-electron chi connectivity index (χ4n) is 1.14. The van der Waals surface area contributed by atoms with E-state index in [2.05, 4.69) is 0 Å². The second-order valence-corrected chi connectivity index (χ2v) is 3.51. The normalized spacial score (nSPS) is 10.0. The molecule has 1 aromatic rings. The van der Waals surface area contributed by atoms with Gasteiger partial charge in [-0.1, -0.05) is 0 Å². The number of hydrogen-bond acceptors (Lipinski definition) is 2. The van der Waals surface area contributed by atoms with E-state index in [0.29, 0.717) is 5.56 Å². The van der Waals surface area contributed by atoms with Crippen molar-refractivity contribution in [2.24, 2.45) is 0 Å². The van der Waals surface area contributed by atoms with Crippen LogP contribution in [0.1, 0.15) is 19.4 Å². The van der Waals surface area contributed by atoms with Crippen LogP contribution in [0.25, 0.3) is 0 Å². The van der Waals surface area contributed by atoms with Gasteiger partial charge in [0.2, 0.25) is 0 Å². The highest BCUT2D eigenvalue weighted by molar-refractivity contribution is 5.51. The fraction of sp³-hybridized carbons (Fsp3) is 0.364. The number of anilines is 1. The van der Waals surface area contributed by atoms with Gasteiger partial charge in [-0.05, 0) is 32.0 Å². The lowest BCUT2D eigenvalue weighted by atomic mass is 10.2. The first kappa shape index (κ1) is 10.5. The van der Waals surface area contributed by atoms with Crippen molar-refractivity contribution in [3.8, 4) is 6.07 Å². The Balaban J connectivity index is 3.10. The molecule has 0 unspecified atom stereocenters. The van der Waals surface area contributed by atoms with E-state index in [4.69, 9.17) is 5.26 Å². The molecule has 0 heterocycles. The molecule has 0 aromatic heterocycles. The largest absolute Gasteiger partial charge is 0.372 e. The van der Waals surface area contributed by atoms with Crippen molar-refractivity contribution in [3.63, 3.8) is 0 Å². The molecule has 0 N–H and O–H groups in total. The molecule has 0 bridgehead atoms. The Morgan fingerprint density at radius 3 is 2.50 bits per heavy atom. The first-order valence-corrected chi connectivity index (χ1v) is 4.48. The zero-order valence-electron chi connectivity index (χ0n) is 8.58. The SMILES string of the molecule is CC(C)N(C)c1cc(F)cc(C#N)c1. The topological polar surface area (TPSA) is 27.0 Å². The highest BCUT2D eigenvalue weighted by Crippen LogP contribution is 2.18. The highest BCUT2D eigenvalue weighted by Gasteiger charge is 2.07. The van der Waals surface area contributed by atoms with Crippen LogP contribution < -0.4 is 4.90 Å². The summed E-state index contributed by atoms with van der Waals surface area (Å²) in [5, 5.41) is 8.67. The highest BCUT2D eigenvalue weighted by atomic mass is 19.1. The van der Waals surface area contributed by atoms with E-state index < -0.39 is 0 Å². The molecule has 0 aliphatic heterocycles. The Bertz CT molecular complexity index is 366. The molecule has 1 aromatic carbocycles. The monoisotopic (exact) mass is 192 g/mol. The summed E-state index contributed by atoms with van der Waals surface area (Å²) >= 11 is 0. The molecule has 3 heteroatoms. The van der Waals surface area contributed by atoms with E-state index in [-0.39, 0.29) is 11.9 Å². The van der Waals surface area contributed by atoms with Gasteiger partial charge in [-0.2, -0.15) is 5.26 Å². The Kier molecular flexibility index (Phi) is 3.08. The Hall–Kier alpha value is -1.56. The van der Waals surface area contributed by atoms with Crippen LogP contribution in [0.3, 0.4) is 0 Å². The van der Waals surface area contributed by atoms with Gasteiger partial charge in [0, 0.05) is 18.8 Å². The average Bonchev–Trinajstić information content (AvgIpc) is 2.15. The van der Waals surface area contributed by atoms with Crippen LogP contribution >= 0.6 is 0 Å². The molecule has 1 rings (SSSR count). The van der Waals surface area contributed by atoms with Crippen molar-refractivity contribution in [2.45, 2.75) is 19.9 Å². The zero-order valence-corrected chi connectivity index (χ0v) is 8.58. The molecule has 0 saturated carbocycles.